The first-order valence-corrected chi connectivity index (χ1v) is 12.3. The van der Waals surface area contributed by atoms with Gasteiger partial charge in [-0.3, -0.25) is 14.2 Å². The van der Waals surface area contributed by atoms with E-state index < -0.39 is 58.6 Å². The maximum Gasteiger partial charge on any atom is 0.416 e. The largest absolute Gasteiger partial charge is 0.416 e. The molecule has 0 spiro atoms. The molecule has 35 heavy (non-hydrogen) atoms. The molecule has 7 nitrogen and oxygen atoms in total. The predicted octanol–water partition coefficient (Wildman–Crippen LogP) is 3.07. The second kappa shape index (κ2) is 9.99. The minimum absolute atomic E-state index is 0.0431. The monoisotopic (exact) mass is 525 g/mol. The average Bonchev–Trinajstić information content (AvgIpc) is 2.74. The molecule has 0 atom stereocenters. The Balaban J connectivity index is 1.90. The van der Waals surface area contributed by atoms with E-state index in [4.69, 9.17) is 0 Å². The number of hydrogen-bond donors (Lipinski definition) is 0. The molecule has 3 rings (SSSR count). The summed E-state index contributed by atoms with van der Waals surface area (Å²) in [6, 6.07) is 4.75. The van der Waals surface area contributed by atoms with E-state index in [1.807, 2.05) is 0 Å². The second-order valence-corrected chi connectivity index (χ2v) is 10.4. The summed E-state index contributed by atoms with van der Waals surface area (Å²) in [6.07, 6.45) is -10.9. The van der Waals surface area contributed by atoms with Gasteiger partial charge in [0.05, 0.1) is 22.8 Å². The van der Waals surface area contributed by atoms with Gasteiger partial charge in [-0.2, -0.15) is 26.3 Å². The van der Waals surface area contributed by atoms with Crippen molar-refractivity contribution in [2.75, 3.05) is 24.6 Å². The number of halogens is 6. The number of rotatable bonds is 6. The van der Waals surface area contributed by atoms with Crippen molar-refractivity contribution in [1.29, 1.82) is 0 Å². The molecule has 1 fully saturated rings. The molecule has 0 saturated carbocycles. The van der Waals surface area contributed by atoms with Crippen LogP contribution in [0.3, 0.4) is 0 Å². The molecule has 192 valence electrons. The summed E-state index contributed by atoms with van der Waals surface area (Å²) in [6.45, 7) is -0.701. The first kappa shape index (κ1) is 26.7. The van der Waals surface area contributed by atoms with E-state index in [-0.39, 0.29) is 48.1 Å². The molecule has 2 aromatic rings. The molecular weight excluding hydrogens is 504 g/mol. The fourth-order valence-corrected chi connectivity index (χ4v) is 4.74. The van der Waals surface area contributed by atoms with Gasteiger partial charge >= 0.3 is 12.4 Å². The quantitative estimate of drug-likeness (QED) is 0.541. The highest BCUT2D eigenvalue weighted by Gasteiger charge is 2.30. The Kier molecular flexibility index (Phi) is 7.62. The van der Waals surface area contributed by atoms with Gasteiger partial charge in [0.2, 0.25) is 5.91 Å². The number of amides is 1. The molecule has 1 aromatic heterocycles. The van der Waals surface area contributed by atoms with Crippen LogP contribution in [0.4, 0.5) is 26.3 Å². The zero-order chi connectivity index (χ0) is 26.0. The lowest BCUT2D eigenvalue weighted by atomic mass is 10.1. The number of aromatic nitrogens is 2. The Labute approximate surface area is 196 Å². The van der Waals surface area contributed by atoms with Gasteiger partial charge < -0.3 is 4.90 Å². The van der Waals surface area contributed by atoms with E-state index in [0.717, 1.165) is 34.9 Å². The maximum atomic E-state index is 12.8. The van der Waals surface area contributed by atoms with Crippen molar-refractivity contribution in [1.82, 2.24) is 14.5 Å². The molecule has 1 aliphatic heterocycles. The Bertz CT molecular complexity index is 1220. The lowest BCUT2D eigenvalue weighted by Gasteiger charge is -2.27. The number of carbonyl (C=O) groups is 1. The van der Waals surface area contributed by atoms with E-state index >= 15 is 0 Å². The molecule has 1 amide bonds. The van der Waals surface area contributed by atoms with Crippen LogP contribution in [0.1, 0.15) is 24.2 Å². The summed E-state index contributed by atoms with van der Waals surface area (Å²) in [5, 5.41) is 0. The summed E-state index contributed by atoms with van der Waals surface area (Å²) < 4.78 is 100. The molecule has 0 N–H and O–H groups in total. The van der Waals surface area contributed by atoms with Gasteiger partial charge in [-0.15, -0.1) is 0 Å². The van der Waals surface area contributed by atoms with Gasteiger partial charge in [-0.05, 0) is 18.6 Å². The average molecular weight is 525 g/mol. The summed E-state index contributed by atoms with van der Waals surface area (Å²) in [4.78, 5) is 30.9. The van der Waals surface area contributed by atoms with Gasteiger partial charge in [0.1, 0.15) is 12.4 Å². The standard InChI is InChI=1S/C21H21F6N3O4S/c22-20(23,24)7-1-2-17-28-16(14-3-5-15(6-4-14)21(25,26)27)12-18(31)30(17)13-19(32)29-8-10-35(33,34)11-9-29/h3-6,12H,1-2,7-11,13H2. The van der Waals surface area contributed by atoms with E-state index in [2.05, 4.69) is 4.98 Å². The third-order valence-electron chi connectivity index (χ3n) is 5.45. The molecule has 0 bridgehead atoms. The van der Waals surface area contributed by atoms with Gasteiger partial charge in [0.25, 0.3) is 5.56 Å². The normalized spacial score (nSPS) is 16.3. The van der Waals surface area contributed by atoms with Gasteiger partial charge in [-0.25, -0.2) is 13.4 Å². The van der Waals surface area contributed by atoms with Crippen molar-refractivity contribution in [2.45, 2.75) is 38.2 Å². The first-order chi connectivity index (χ1) is 16.1. The summed E-state index contributed by atoms with van der Waals surface area (Å²) in [5.41, 5.74) is -1.59. The van der Waals surface area contributed by atoms with E-state index in [9.17, 15) is 44.3 Å². The van der Waals surface area contributed by atoms with Crippen LogP contribution < -0.4 is 5.56 Å². The van der Waals surface area contributed by atoms with E-state index in [0.29, 0.717) is 0 Å². The molecule has 0 unspecified atom stereocenters. The van der Waals surface area contributed by atoms with Gasteiger partial charge in [-0.1, -0.05) is 12.1 Å². The predicted molar refractivity (Wildman–Crippen MR) is 113 cm³/mol. The van der Waals surface area contributed by atoms with Crippen LogP contribution in [0.15, 0.2) is 35.1 Å². The number of sulfone groups is 1. The van der Waals surface area contributed by atoms with Crippen LogP contribution >= 0.6 is 0 Å². The number of aryl methyl sites for hydroxylation is 1. The lowest BCUT2D eigenvalue weighted by molar-refractivity contribution is -0.137. The lowest BCUT2D eigenvalue weighted by Crippen LogP contribution is -2.46. The maximum absolute atomic E-state index is 12.8. The molecule has 2 heterocycles. The van der Waals surface area contributed by atoms with Crippen molar-refractivity contribution in [3.63, 3.8) is 0 Å². The van der Waals surface area contributed by atoms with E-state index in [1.165, 1.54) is 4.90 Å². The second-order valence-electron chi connectivity index (χ2n) is 8.06. The third kappa shape index (κ3) is 7.29. The Hall–Kier alpha value is -2.90. The molecule has 0 radical (unpaired) electrons. The Morgan fingerprint density at radius 1 is 1.00 bits per heavy atom. The van der Waals surface area contributed by atoms with Crippen molar-refractivity contribution in [3.05, 3.63) is 52.1 Å². The topological polar surface area (TPSA) is 89.3 Å². The number of alkyl halides is 6. The fourth-order valence-electron chi connectivity index (χ4n) is 3.54. The minimum atomic E-state index is -4.58. The zero-order valence-electron chi connectivity index (χ0n) is 18.2. The number of hydrogen-bond acceptors (Lipinski definition) is 5. The van der Waals surface area contributed by atoms with Crippen molar-refractivity contribution in [2.24, 2.45) is 0 Å². The van der Waals surface area contributed by atoms with Crippen LogP contribution in [0.5, 0.6) is 0 Å². The van der Waals surface area contributed by atoms with Gasteiger partial charge in [0.15, 0.2) is 9.84 Å². The van der Waals surface area contributed by atoms with Crippen LogP contribution in [0.2, 0.25) is 0 Å². The highest BCUT2D eigenvalue weighted by atomic mass is 32.2. The Morgan fingerprint density at radius 3 is 2.14 bits per heavy atom. The molecule has 1 aliphatic rings. The number of nitrogens with zero attached hydrogens (tertiary/aromatic N) is 3. The minimum Gasteiger partial charge on any atom is -0.339 e. The van der Waals surface area contributed by atoms with Crippen LogP contribution in [-0.4, -0.2) is 59.5 Å². The zero-order valence-corrected chi connectivity index (χ0v) is 19.0. The molecule has 0 aliphatic carbocycles. The van der Waals surface area contributed by atoms with E-state index in [1.54, 1.807) is 0 Å². The van der Waals surface area contributed by atoms with Gasteiger partial charge in [0, 0.05) is 37.6 Å². The third-order valence-corrected chi connectivity index (χ3v) is 7.06. The van der Waals surface area contributed by atoms with Crippen LogP contribution in [0, 0.1) is 0 Å². The molecule has 1 saturated heterocycles. The smallest absolute Gasteiger partial charge is 0.339 e. The highest BCUT2D eigenvalue weighted by molar-refractivity contribution is 7.91. The van der Waals surface area contributed by atoms with Crippen LogP contribution in [-0.2, 0) is 33.8 Å². The first-order valence-electron chi connectivity index (χ1n) is 10.5. The fraction of sp³-hybridized carbons (Fsp3) is 0.476. The number of carbonyl (C=O) groups excluding carboxylic acids is 1. The SMILES string of the molecule is O=C(Cn1c(CCCC(F)(F)F)nc(-c2ccc(C(F)(F)F)cc2)cc1=O)N1CCS(=O)(=O)CC1. The Morgan fingerprint density at radius 2 is 1.60 bits per heavy atom. The molecule has 1 aromatic carbocycles. The molecular formula is C21H21F6N3O4S. The van der Waals surface area contributed by atoms with Crippen LogP contribution in [0.25, 0.3) is 11.3 Å². The summed E-state index contributed by atoms with van der Waals surface area (Å²) >= 11 is 0. The highest BCUT2D eigenvalue weighted by Crippen LogP contribution is 2.30. The molecule has 14 heteroatoms. The number of benzene rings is 1. The summed E-state index contributed by atoms with van der Waals surface area (Å²) in [7, 11) is -3.26. The van der Waals surface area contributed by atoms with Crippen molar-refractivity contribution in [3.8, 4) is 11.3 Å². The van der Waals surface area contributed by atoms with Crippen molar-refractivity contribution >= 4 is 15.7 Å². The van der Waals surface area contributed by atoms with Crippen molar-refractivity contribution < 1.29 is 39.6 Å². The summed E-state index contributed by atoms with van der Waals surface area (Å²) in [5.74, 6) is -1.20.